The van der Waals surface area contributed by atoms with E-state index in [4.69, 9.17) is 23.2 Å². The molecular weight excluding hydrogens is 369 g/mol. The minimum atomic E-state index is 0.189. The Kier molecular flexibility index (Phi) is 4.60. The highest BCUT2D eigenvalue weighted by Gasteiger charge is 2.24. The molecule has 110 valence electrons. The minimum Gasteiger partial charge on any atom is -0.303 e. The second-order valence-electron chi connectivity index (χ2n) is 5.49. The van der Waals surface area contributed by atoms with E-state index in [1.54, 1.807) is 6.07 Å². The van der Waals surface area contributed by atoms with Gasteiger partial charge in [-0.1, -0.05) is 51.3 Å². The maximum absolute atomic E-state index is 6.30. The zero-order chi connectivity index (χ0) is 15.0. The molecule has 1 aliphatic carbocycles. The number of rotatable bonds is 3. The molecular formula is C17H16BrCl2N. The van der Waals surface area contributed by atoms with Crippen molar-refractivity contribution in [2.24, 2.45) is 0 Å². The van der Waals surface area contributed by atoms with Crippen LogP contribution in [0.1, 0.15) is 42.1 Å². The Bertz CT molecular complexity index is 672. The summed E-state index contributed by atoms with van der Waals surface area (Å²) in [5.74, 6) is 0. The molecule has 2 atom stereocenters. The van der Waals surface area contributed by atoms with Gasteiger partial charge in [0.2, 0.25) is 0 Å². The summed E-state index contributed by atoms with van der Waals surface area (Å²) in [5, 5.41) is 5.08. The van der Waals surface area contributed by atoms with Crippen LogP contribution in [0.25, 0.3) is 0 Å². The number of hydrogen-bond donors (Lipinski definition) is 1. The molecule has 0 heterocycles. The average Bonchev–Trinajstić information content (AvgIpc) is 2.80. The zero-order valence-corrected chi connectivity index (χ0v) is 14.8. The SMILES string of the molecule is CC(NC1CCc2cc(Br)ccc21)c1ccc(Cl)cc1Cl. The Morgan fingerprint density at radius 1 is 1.19 bits per heavy atom. The first-order valence-corrected chi connectivity index (χ1v) is 8.59. The van der Waals surface area contributed by atoms with E-state index in [-0.39, 0.29) is 6.04 Å². The lowest BCUT2D eigenvalue weighted by Crippen LogP contribution is -2.23. The fourth-order valence-electron chi connectivity index (χ4n) is 3.00. The van der Waals surface area contributed by atoms with Crippen LogP contribution in [-0.2, 0) is 6.42 Å². The second-order valence-corrected chi connectivity index (χ2v) is 7.25. The number of aryl methyl sites for hydroxylation is 1. The highest BCUT2D eigenvalue weighted by Crippen LogP contribution is 2.35. The van der Waals surface area contributed by atoms with Crippen molar-refractivity contribution in [2.45, 2.75) is 31.8 Å². The second kappa shape index (κ2) is 6.29. The minimum absolute atomic E-state index is 0.189. The highest BCUT2D eigenvalue weighted by atomic mass is 79.9. The average molecular weight is 385 g/mol. The van der Waals surface area contributed by atoms with Gasteiger partial charge >= 0.3 is 0 Å². The molecule has 0 bridgehead atoms. The van der Waals surface area contributed by atoms with E-state index in [0.717, 1.165) is 27.9 Å². The highest BCUT2D eigenvalue weighted by molar-refractivity contribution is 9.10. The van der Waals surface area contributed by atoms with Gasteiger partial charge in [-0.25, -0.2) is 0 Å². The van der Waals surface area contributed by atoms with Crippen molar-refractivity contribution in [3.8, 4) is 0 Å². The summed E-state index contributed by atoms with van der Waals surface area (Å²) >= 11 is 15.8. The van der Waals surface area contributed by atoms with Gasteiger partial charge in [0.25, 0.3) is 0 Å². The molecule has 4 heteroatoms. The van der Waals surface area contributed by atoms with Gasteiger partial charge < -0.3 is 5.32 Å². The number of fused-ring (bicyclic) bond motifs is 1. The van der Waals surface area contributed by atoms with Crippen molar-refractivity contribution in [2.75, 3.05) is 0 Å². The van der Waals surface area contributed by atoms with Crippen LogP contribution in [0.2, 0.25) is 10.0 Å². The van der Waals surface area contributed by atoms with Gasteiger partial charge in [-0.05, 0) is 60.7 Å². The number of benzene rings is 2. The first kappa shape index (κ1) is 15.4. The lowest BCUT2D eigenvalue weighted by atomic mass is 10.0. The van der Waals surface area contributed by atoms with Gasteiger partial charge in [-0.3, -0.25) is 0 Å². The molecule has 0 amide bonds. The molecule has 21 heavy (non-hydrogen) atoms. The number of nitrogens with one attached hydrogen (secondary N) is 1. The van der Waals surface area contributed by atoms with E-state index in [1.807, 2.05) is 12.1 Å². The van der Waals surface area contributed by atoms with Crippen LogP contribution >= 0.6 is 39.1 Å². The van der Waals surface area contributed by atoms with Gasteiger partial charge in [-0.2, -0.15) is 0 Å². The standard InChI is InChI=1S/C17H16BrCl2N/c1-10(14-6-4-13(19)9-16(14)20)21-17-7-2-11-8-12(18)3-5-15(11)17/h3-6,8-10,17,21H,2,7H2,1H3. The first-order chi connectivity index (χ1) is 10.0. The maximum Gasteiger partial charge on any atom is 0.0468 e. The summed E-state index contributed by atoms with van der Waals surface area (Å²) in [5.41, 5.74) is 3.91. The van der Waals surface area contributed by atoms with E-state index in [1.165, 1.54) is 11.1 Å². The first-order valence-electron chi connectivity index (χ1n) is 7.04. The summed E-state index contributed by atoms with van der Waals surface area (Å²) in [4.78, 5) is 0. The molecule has 1 aliphatic rings. The Morgan fingerprint density at radius 3 is 2.76 bits per heavy atom. The summed E-state index contributed by atoms with van der Waals surface area (Å²) in [7, 11) is 0. The van der Waals surface area contributed by atoms with Crippen LogP contribution in [0.5, 0.6) is 0 Å². The van der Waals surface area contributed by atoms with Gasteiger partial charge in [0, 0.05) is 26.6 Å². The maximum atomic E-state index is 6.30. The van der Waals surface area contributed by atoms with E-state index in [9.17, 15) is 0 Å². The molecule has 0 spiro atoms. The van der Waals surface area contributed by atoms with Gasteiger partial charge in [0.05, 0.1) is 0 Å². The third kappa shape index (κ3) is 3.29. The van der Waals surface area contributed by atoms with E-state index >= 15 is 0 Å². The van der Waals surface area contributed by atoms with Crippen LogP contribution < -0.4 is 5.32 Å². The van der Waals surface area contributed by atoms with Crippen molar-refractivity contribution >= 4 is 39.1 Å². The Morgan fingerprint density at radius 2 is 2.00 bits per heavy atom. The molecule has 2 unspecified atom stereocenters. The predicted octanol–water partition coefficient (Wildman–Crippen LogP) is 6.09. The van der Waals surface area contributed by atoms with Crippen molar-refractivity contribution in [3.63, 3.8) is 0 Å². The monoisotopic (exact) mass is 383 g/mol. The van der Waals surface area contributed by atoms with E-state index in [2.05, 4.69) is 46.4 Å². The molecule has 0 saturated heterocycles. The Hall–Kier alpha value is -0.540. The van der Waals surface area contributed by atoms with E-state index in [0.29, 0.717) is 11.1 Å². The third-order valence-electron chi connectivity index (χ3n) is 4.06. The third-order valence-corrected chi connectivity index (χ3v) is 5.12. The molecule has 0 aromatic heterocycles. The van der Waals surface area contributed by atoms with E-state index < -0.39 is 0 Å². The van der Waals surface area contributed by atoms with Crippen LogP contribution in [0.15, 0.2) is 40.9 Å². The predicted molar refractivity (Wildman–Crippen MR) is 93.2 cm³/mol. The topological polar surface area (TPSA) is 12.0 Å². The zero-order valence-electron chi connectivity index (χ0n) is 11.7. The number of hydrogen-bond acceptors (Lipinski definition) is 1. The lowest BCUT2D eigenvalue weighted by Gasteiger charge is -2.22. The van der Waals surface area contributed by atoms with Crippen molar-refractivity contribution < 1.29 is 0 Å². The lowest BCUT2D eigenvalue weighted by molar-refractivity contribution is 0.465. The van der Waals surface area contributed by atoms with Crippen molar-refractivity contribution in [1.82, 2.24) is 5.32 Å². The fraction of sp³-hybridized carbons (Fsp3) is 0.294. The Balaban J connectivity index is 1.79. The molecule has 3 rings (SSSR count). The summed E-state index contributed by atoms with van der Waals surface area (Å²) in [6.07, 6.45) is 2.24. The largest absolute Gasteiger partial charge is 0.303 e. The molecule has 0 radical (unpaired) electrons. The molecule has 1 nitrogen and oxygen atoms in total. The molecule has 0 fully saturated rings. The summed E-state index contributed by atoms with van der Waals surface area (Å²) in [6.45, 7) is 2.14. The quantitative estimate of drug-likeness (QED) is 0.674. The number of halogens is 3. The van der Waals surface area contributed by atoms with Gasteiger partial charge in [-0.15, -0.1) is 0 Å². The molecule has 2 aromatic rings. The smallest absolute Gasteiger partial charge is 0.0468 e. The molecule has 0 saturated carbocycles. The van der Waals surface area contributed by atoms with Crippen LogP contribution in [0.3, 0.4) is 0 Å². The molecule has 0 aliphatic heterocycles. The van der Waals surface area contributed by atoms with Crippen LogP contribution in [0, 0.1) is 0 Å². The van der Waals surface area contributed by atoms with Gasteiger partial charge in [0.15, 0.2) is 0 Å². The van der Waals surface area contributed by atoms with Crippen molar-refractivity contribution in [3.05, 3.63) is 67.6 Å². The van der Waals surface area contributed by atoms with Crippen LogP contribution in [-0.4, -0.2) is 0 Å². The van der Waals surface area contributed by atoms with Crippen molar-refractivity contribution in [1.29, 1.82) is 0 Å². The van der Waals surface area contributed by atoms with Crippen LogP contribution in [0.4, 0.5) is 0 Å². The summed E-state index contributed by atoms with van der Waals surface area (Å²) < 4.78 is 1.15. The summed E-state index contributed by atoms with van der Waals surface area (Å²) in [6, 6.07) is 12.8. The Labute approximate surface area is 143 Å². The fourth-order valence-corrected chi connectivity index (χ4v) is 3.98. The molecule has 2 aromatic carbocycles. The normalized spacial score (nSPS) is 18.6. The van der Waals surface area contributed by atoms with Gasteiger partial charge in [0.1, 0.15) is 0 Å². The molecule has 1 N–H and O–H groups in total.